The van der Waals surface area contributed by atoms with Crippen molar-refractivity contribution in [3.05, 3.63) is 35.9 Å². The molecular formula is C20H31N3O. The third-order valence-corrected chi connectivity index (χ3v) is 5.80. The van der Waals surface area contributed by atoms with Crippen LogP contribution in [0.3, 0.4) is 0 Å². The van der Waals surface area contributed by atoms with E-state index in [2.05, 4.69) is 41.4 Å². The average molecular weight is 329 g/mol. The lowest BCUT2D eigenvalue weighted by molar-refractivity contribution is -0.123. The Balaban J connectivity index is 1.51. The van der Waals surface area contributed by atoms with Crippen LogP contribution in [-0.4, -0.2) is 43.0 Å². The fourth-order valence-corrected chi connectivity index (χ4v) is 4.29. The van der Waals surface area contributed by atoms with Crippen LogP contribution in [0.4, 0.5) is 0 Å². The van der Waals surface area contributed by atoms with E-state index in [0.29, 0.717) is 31.0 Å². The highest BCUT2D eigenvalue weighted by Gasteiger charge is 2.33. The van der Waals surface area contributed by atoms with Crippen molar-refractivity contribution in [2.45, 2.75) is 44.6 Å². The van der Waals surface area contributed by atoms with Gasteiger partial charge >= 0.3 is 0 Å². The van der Waals surface area contributed by atoms with Crippen LogP contribution in [0.2, 0.25) is 0 Å². The summed E-state index contributed by atoms with van der Waals surface area (Å²) < 4.78 is 0. The van der Waals surface area contributed by atoms with Crippen molar-refractivity contribution >= 4 is 5.91 Å². The van der Waals surface area contributed by atoms with Gasteiger partial charge in [0.1, 0.15) is 0 Å². The van der Waals surface area contributed by atoms with Crippen LogP contribution in [-0.2, 0) is 4.79 Å². The van der Waals surface area contributed by atoms with Crippen LogP contribution in [0.15, 0.2) is 30.3 Å². The maximum absolute atomic E-state index is 12.4. The van der Waals surface area contributed by atoms with Gasteiger partial charge in [-0.25, -0.2) is 0 Å². The Labute approximate surface area is 145 Å². The molecule has 1 saturated heterocycles. The largest absolute Gasteiger partial charge is 0.352 e. The Bertz CT molecular complexity index is 525. The molecule has 4 nitrogen and oxygen atoms in total. The molecule has 0 aromatic heterocycles. The zero-order valence-electron chi connectivity index (χ0n) is 14.8. The molecule has 3 rings (SSSR count). The van der Waals surface area contributed by atoms with Crippen molar-refractivity contribution in [3.63, 3.8) is 0 Å². The third kappa shape index (κ3) is 4.37. The number of carbonyl (C=O) groups is 1. The topological polar surface area (TPSA) is 58.4 Å². The van der Waals surface area contributed by atoms with Crippen molar-refractivity contribution in [1.29, 1.82) is 0 Å². The van der Waals surface area contributed by atoms with Gasteiger partial charge in [-0.15, -0.1) is 0 Å². The van der Waals surface area contributed by atoms with E-state index in [1.165, 1.54) is 18.4 Å². The number of hydrogen-bond donors (Lipinski definition) is 2. The fourth-order valence-electron chi connectivity index (χ4n) is 4.29. The Kier molecular flexibility index (Phi) is 5.90. The highest BCUT2D eigenvalue weighted by Crippen LogP contribution is 2.31. The first-order valence-corrected chi connectivity index (χ1v) is 9.42. The van der Waals surface area contributed by atoms with Crippen LogP contribution in [0.5, 0.6) is 0 Å². The van der Waals surface area contributed by atoms with E-state index >= 15 is 0 Å². The quantitative estimate of drug-likeness (QED) is 0.872. The number of nitrogens with two attached hydrogens (primary N) is 1. The van der Waals surface area contributed by atoms with Gasteiger partial charge in [-0.3, -0.25) is 9.69 Å². The summed E-state index contributed by atoms with van der Waals surface area (Å²) in [5.41, 5.74) is 7.33. The SMILES string of the molecule is CC1CCC(NC(=O)CN2C[C@@H](CN)[C@H](c3ccccc3)C2)CC1. The lowest BCUT2D eigenvalue weighted by atomic mass is 9.87. The molecule has 2 atom stereocenters. The number of nitrogens with one attached hydrogen (secondary N) is 1. The van der Waals surface area contributed by atoms with Crippen molar-refractivity contribution in [3.8, 4) is 0 Å². The maximum Gasteiger partial charge on any atom is 0.234 e. The predicted octanol–water partition coefficient (Wildman–Crippen LogP) is 2.36. The number of likely N-dealkylation sites (tertiary alicyclic amines) is 1. The second-order valence-corrected chi connectivity index (χ2v) is 7.73. The van der Waals surface area contributed by atoms with Gasteiger partial charge in [0.25, 0.3) is 0 Å². The smallest absolute Gasteiger partial charge is 0.234 e. The number of amides is 1. The number of nitrogens with zero attached hydrogens (tertiary/aromatic N) is 1. The standard InChI is InChI=1S/C20H31N3O/c1-15-7-9-18(10-8-15)22-20(24)14-23-12-17(11-21)19(13-23)16-5-3-2-4-6-16/h2-6,15,17-19H,7-14,21H2,1H3,(H,22,24)/t15?,17-,18?,19+/m1/s1. The van der Waals surface area contributed by atoms with Gasteiger partial charge in [0.15, 0.2) is 0 Å². The Morgan fingerprint density at radius 2 is 1.88 bits per heavy atom. The normalized spacial score (nSPS) is 31.1. The second kappa shape index (κ2) is 8.13. The molecule has 132 valence electrons. The molecule has 1 amide bonds. The van der Waals surface area contributed by atoms with E-state index in [1.807, 2.05) is 6.07 Å². The Morgan fingerprint density at radius 1 is 1.17 bits per heavy atom. The Morgan fingerprint density at radius 3 is 2.54 bits per heavy atom. The first-order valence-electron chi connectivity index (χ1n) is 9.42. The fraction of sp³-hybridized carbons (Fsp3) is 0.650. The van der Waals surface area contributed by atoms with E-state index in [-0.39, 0.29) is 5.91 Å². The summed E-state index contributed by atoms with van der Waals surface area (Å²) in [5.74, 6) is 1.88. The predicted molar refractivity (Wildman–Crippen MR) is 97.7 cm³/mol. The molecule has 0 radical (unpaired) electrons. The summed E-state index contributed by atoms with van der Waals surface area (Å²) >= 11 is 0. The lowest BCUT2D eigenvalue weighted by Gasteiger charge is -2.27. The summed E-state index contributed by atoms with van der Waals surface area (Å²) in [5, 5.41) is 3.24. The van der Waals surface area contributed by atoms with E-state index in [0.717, 1.165) is 31.8 Å². The summed E-state index contributed by atoms with van der Waals surface area (Å²) in [6.07, 6.45) is 4.73. The van der Waals surface area contributed by atoms with Gasteiger partial charge in [-0.1, -0.05) is 37.3 Å². The molecule has 4 heteroatoms. The molecular weight excluding hydrogens is 298 g/mol. The first-order chi connectivity index (χ1) is 11.7. The minimum absolute atomic E-state index is 0.180. The number of carbonyl (C=O) groups excluding carboxylic acids is 1. The summed E-state index contributed by atoms with van der Waals surface area (Å²) in [6.45, 7) is 5.34. The molecule has 1 aromatic rings. The highest BCUT2D eigenvalue weighted by molar-refractivity contribution is 5.78. The minimum Gasteiger partial charge on any atom is -0.352 e. The molecule has 2 fully saturated rings. The Hall–Kier alpha value is -1.39. The molecule has 0 unspecified atom stereocenters. The van der Waals surface area contributed by atoms with Crippen molar-refractivity contribution in [2.24, 2.45) is 17.6 Å². The monoisotopic (exact) mass is 329 g/mol. The maximum atomic E-state index is 12.4. The van der Waals surface area contributed by atoms with Gasteiger partial charge in [0, 0.05) is 25.0 Å². The van der Waals surface area contributed by atoms with E-state index in [4.69, 9.17) is 5.73 Å². The molecule has 3 N–H and O–H groups in total. The molecule has 0 spiro atoms. The number of benzene rings is 1. The van der Waals surface area contributed by atoms with Crippen molar-refractivity contribution in [1.82, 2.24) is 10.2 Å². The van der Waals surface area contributed by atoms with Crippen LogP contribution in [0.1, 0.15) is 44.1 Å². The van der Waals surface area contributed by atoms with Crippen molar-refractivity contribution < 1.29 is 4.79 Å². The van der Waals surface area contributed by atoms with Gasteiger partial charge in [0.2, 0.25) is 5.91 Å². The molecule has 1 aliphatic carbocycles. The molecule has 1 aromatic carbocycles. The van der Waals surface area contributed by atoms with Crippen molar-refractivity contribution in [2.75, 3.05) is 26.2 Å². The van der Waals surface area contributed by atoms with Crippen LogP contribution < -0.4 is 11.1 Å². The number of hydrogen-bond acceptors (Lipinski definition) is 3. The first kappa shape index (κ1) is 17.4. The molecule has 1 aliphatic heterocycles. The molecule has 1 saturated carbocycles. The summed E-state index contributed by atoms with van der Waals surface area (Å²) in [6, 6.07) is 11.0. The minimum atomic E-state index is 0.180. The molecule has 1 heterocycles. The van der Waals surface area contributed by atoms with Crippen LogP contribution in [0, 0.1) is 11.8 Å². The number of rotatable bonds is 5. The van der Waals surface area contributed by atoms with Gasteiger partial charge in [0.05, 0.1) is 6.54 Å². The molecule has 24 heavy (non-hydrogen) atoms. The second-order valence-electron chi connectivity index (χ2n) is 7.73. The zero-order valence-corrected chi connectivity index (χ0v) is 14.8. The van der Waals surface area contributed by atoms with E-state index in [1.54, 1.807) is 0 Å². The summed E-state index contributed by atoms with van der Waals surface area (Å²) in [7, 11) is 0. The van der Waals surface area contributed by atoms with Gasteiger partial charge in [-0.2, -0.15) is 0 Å². The van der Waals surface area contributed by atoms with E-state index in [9.17, 15) is 4.79 Å². The molecule has 0 bridgehead atoms. The average Bonchev–Trinajstić information content (AvgIpc) is 3.00. The van der Waals surface area contributed by atoms with Crippen LogP contribution >= 0.6 is 0 Å². The van der Waals surface area contributed by atoms with Crippen LogP contribution in [0.25, 0.3) is 0 Å². The zero-order chi connectivity index (χ0) is 16.9. The highest BCUT2D eigenvalue weighted by atomic mass is 16.2. The lowest BCUT2D eigenvalue weighted by Crippen LogP contribution is -2.43. The molecule has 2 aliphatic rings. The third-order valence-electron chi connectivity index (χ3n) is 5.80. The van der Waals surface area contributed by atoms with Gasteiger partial charge < -0.3 is 11.1 Å². The van der Waals surface area contributed by atoms with Gasteiger partial charge in [-0.05, 0) is 49.6 Å². The summed E-state index contributed by atoms with van der Waals surface area (Å²) in [4.78, 5) is 14.7. The van der Waals surface area contributed by atoms with E-state index < -0.39 is 0 Å².